The maximum atomic E-state index is 12.8. The van der Waals surface area contributed by atoms with Gasteiger partial charge in [-0.1, -0.05) is 60.3 Å². The van der Waals surface area contributed by atoms with Crippen LogP contribution in [-0.4, -0.2) is 33.0 Å². The van der Waals surface area contributed by atoms with Gasteiger partial charge in [-0.25, -0.2) is 0 Å². The van der Waals surface area contributed by atoms with E-state index in [-0.39, 0.29) is 5.91 Å². The predicted molar refractivity (Wildman–Crippen MR) is 115 cm³/mol. The van der Waals surface area contributed by atoms with Crippen molar-refractivity contribution >= 4 is 23.4 Å². The molecule has 3 aromatic rings. The van der Waals surface area contributed by atoms with E-state index in [1.165, 1.54) is 17.3 Å². The van der Waals surface area contributed by atoms with Gasteiger partial charge in [-0.05, 0) is 38.0 Å². The summed E-state index contributed by atoms with van der Waals surface area (Å²) in [6.45, 7) is 7.53. The van der Waals surface area contributed by atoms with Crippen LogP contribution in [0.25, 0.3) is 0 Å². The third kappa shape index (κ3) is 4.62. The highest BCUT2D eigenvalue weighted by Crippen LogP contribution is 2.23. The molecular weight excluding hydrogens is 368 g/mol. The summed E-state index contributed by atoms with van der Waals surface area (Å²) in [4.78, 5) is 14.7. The molecule has 2 aromatic carbocycles. The lowest BCUT2D eigenvalue weighted by atomic mass is 10.1. The number of nitrogens with zero attached hydrogens (tertiary/aromatic N) is 4. The first-order valence-electron chi connectivity index (χ1n) is 9.58. The molecule has 0 saturated carbocycles. The smallest absolute Gasteiger partial charge is 0.237 e. The van der Waals surface area contributed by atoms with Crippen LogP contribution < -0.4 is 4.90 Å². The molecule has 0 aliphatic heterocycles. The normalized spacial score (nSPS) is 10.8. The highest BCUT2D eigenvalue weighted by Gasteiger charge is 2.18. The average Bonchev–Trinajstić information content (AvgIpc) is 3.10. The molecule has 5 nitrogen and oxygen atoms in total. The molecular formula is C22H26N4OS. The Morgan fingerprint density at radius 1 is 1.04 bits per heavy atom. The summed E-state index contributed by atoms with van der Waals surface area (Å²) in [6, 6.07) is 18.2. The minimum atomic E-state index is 0.0806. The van der Waals surface area contributed by atoms with Crippen molar-refractivity contribution in [3.63, 3.8) is 0 Å². The number of hydrogen-bond donors (Lipinski definition) is 0. The van der Waals surface area contributed by atoms with Gasteiger partial charge < -0.3 is 9.47 Å². The lowest BCUT2D eigenvalue weighted by molar-refractivity contribution is -0.116. The summed E-state index contributed by atoms with van der Waals surface area (Å²) in [5.74, 6) is 1.35. The number of hydrogen-bond acceptors (Lipinski definition) is 4. The Bertz CT molecular complexity index is 923. The first-order chi connectivity index (χ1) is 13.6. The molecule has 0 N–H and O–H groups in total. The fourth-order valence-corrected chi connectivity index (χ4v) is 4.10. The fraction of sp³-hybridized carbons (Fsp3) is 0.318. The minimum absolute atomic E-state index is 0.0806. The van der Waals surface area contributed by atoms with E-state index in [1.54, 1.807) is 0 Å². The summed E-state index contributed by atoms with van der Waals surface area (Å²) < 4.78 is 2.09. The van der Waals surface area contributed by atoms with E-state index in [0.717, 1.165) is 35.2 Å². The number of aryl methyl sites for hydroxylation is 1. The molecule has 0 fully saturated rings. The van der Waals surface area contributed by atoms with Gasteiger partial charge in [0.2, 0.25) is 5.91 Å². The molecule has 3 rings (SSSR count). The SMILES string of the molecule is CCN(C(=O)CSc1nnc(Cc2ccccc2)n1CC)c1ccccc1C. The third-order valence-electron chi connectivity index (χ3n) is 4.66. The van der Waals surface area contributed by atoms with Crippen molar-refractivity contribution in [2.75, 3.05) is 17.2 Å². The molecule has 0 bridgehead atoms. The topological polar surface area (TPSA) is 51.0 Å². The van der Waals surface area contributed by atoms with Crippen LogP contribution in [0, 0.1) is 6.92 Å². The molecule has 28 heavy (non-hydrogen) atoms. The molecule has 146 valence electrons. The van der Waals surface area contributed by atoms with E-state index < -0.39 is 0 Å². The van der Waals surface area contributed by atoms with E-state index in [0.29, 0.717) is 12.3 Å². The first kappa shape index (κ1) is 20.1. The van der Waals surface area contributed by atoms with Crippen molar-refractivity contribution in [2.45, 2.75) is 38.9 Å². The molecule has 6 heteroatoms. The van der Waals surface area contributed by atoms with E-state index in [9.17, 15) is 4.79 Å². The summed E-state index contributed by atoms with van der Waals surface area (Å²) in [5.41, 5.74) is 3.27. The molecule has 1 aromatic heterocycles. The number of aromatic nitrogens is 3. The van der Waals surface area contributed by atoms with Gasteiger partial charge >= 0.3 is 0 Å². The minimum Gasteiger partial charge on any atom is -0.312 e. The van der Waals surface area contributed by atoms with Crippen LogP contribution in [-0.2, 0) is 17.8 Å². The number of para-hydroxylation sites is 1. The van der Waals surface area contributed by atoms with E-state index >= 15 is 0 Å². The number of rotatable bonds is 8. The van der Waals surface area contributed by atoms with Crippen molar-refractivity contribution in [3.05, 3.63) is 71.5 Å². The molecule has 0 aliphatic carbocycles. The predicted octanol–water partition coefficient (Wildman–Crippen LogP) is 4.34. The van der Waals surface area contributed by atoms with Crippen molar-refractivity contribution in [3.8, 4) is 0 Å². The van der Waals surface area contributed by atoms with Crippen LogP contribution in [0.1, 0.15) is 30.8 Å². The summed E-state index contributed by atoms with van der Waals surface area (Å²) in [6.07, 6.45) is 0.737. The first-order valence-corrected chi connectivity index (χ1v) is 10.6. The molecule has 0 unspecified atom stereocenters. The van der Waals surface area contributed by atoms with E-state index in [2.05, 4.69) is 33.8 Å². The number of carbonyl (C=O) groups is 1. The Balaban J connectivity index is 1.70. The monoisotopic (exact) mass is 394 g/mol. The second-order valence-corrected chi connectivity index (χ2v) is 7.46. The van der Waals surface area contributed by atoms with Gasteiger partial charge in [0, 0.05) is 25.2 Å². The standard InChI is InChI=1S/C22H26N4OS/c1-4-25(19-14-10-9-11-17(19)3)21(27)16-28-22-24-23-20(26(22)5-2)15-18-12-7-6-8-13-18/h6-14H,4-5,15-16H2,1-3H3. The summed E-state index contributed by atoms with van der Waals surface area (Å²) in [5, 5.41) is 9.49. The Labute approximate surface area is 170 Å². The van der Waals surface area contributed by atoms with Gasteiger partial charge in [0.15, 0.2) is 5.16 Å². The molecule has 1 heterocycles. The van der Waals surface area contributed by atoms with E-state index in [4.69, 9.17) is 0 Å². The second-order valence-electron chi connectivity index (χ2n) is 6.52. The van der Waals surface area contributed by atoms with Gasteiger partial charge in [-0.3, -0.25) is 4.79 Å². The molecule has 0 aliphatic rings. The van der Waals surface area contributed by atoms with Gasteiger partial charge in [0.25, 0.3) is 0 Å². The summed E-state index contributed by atoms with van der Waals surface area (Å²) >= 11 is 1.45. The van der Waals surface area contributed by atoms with Gasteiger partial charge in [0.05, 0.1) is 5.75 Å². The number of benzene rings is 2. The van der Waals surface area contributed by atoms with Crippen LogP contribution in [0.5, 0.6) is 0 Å². The van der Waals surface area contributed by atoms with Crippen molar-refractivity contribution in [1.29, 1.82) is 0 Å². The Morgan fingerprint density at radius 2 is 1.75 bits per heavy atom. The zero-order chi connectivity index (χ0) is 19.9. The average molecular weight is 395 g/mol. The lowest BCUT2D eigenvalue weighted by Gasteiger charge is -2.22. The highest BCUT2D eigenvalue weighted by molar-refractivity contribution is 7.99. The van der Waals surface area contributed by atoms with Crippen LogP contribution >= 0.6 is 11.8 Å². The largest absolute Gasteiger partial charge is 0.312 e. The van der Waals surface area contributed by atoms with Gasteiger partial charge in [-0.15, -0.1) is 10.2 Å². The molecule has 1 amide bonds. The zero-order valence-electron chi connectivity index (χ0n) is 16.6. The number of carbonyl (C=O) groups excluding carboxylic acids is 1. The molecule has 0 saturated heterocycles. The second kappa shape index (κ2) is 9.55. The maximum Gasteiger partial charge on any atom is 0.237 e. The molecule has 0 radical (unpaired) electrons. The lowest BCUT2D eigenvalue weighted by Crippen LogP contribution is -2.32. The molecule has 0 spiro atoms. The maximum absolute atomic E-state index is 12.8. The quantitative estimate of drug-likeness (QED) is 0.533. The third-order valence-corrected chi connectivity index (χ3v) is 5.61. The number of amides is 1. The van der Waals surface area contributed by atoms with Crippen molar-refractivity contribution in [1.82, 2.24) is 14.8 Å². The van der Waals surface area contributed by atoms with Crippen LogP contribution in [0.4, 0.5) is 5.69 Å². The van der Waals surface area contributed by atoms with E-state index in [1.807, 2.05) is 61.2 Å². The van der Waals surface area contributed by atoms with Crippen molar-refractivity contribution < 1.29 is 4.79 Å². The number of anilines is 1. The van der Waals surface area contributed by atoms with Crippen LogP contribution in [0.15, 0.2) is 59.8 Å². The Morgan fingerprint density at radius 3 is 2.43 bits per heavy atom. The van der Waals surface area contributed by atoms with Crippen LogP contribution in [0.3, 0.4) is 0 Å². The number of thioether (sulfide) groups is 1. The highest BCUT2D eigenvalue weighted by atomic mass is 32.2. The van der Waals surface area contributed by atoms with Crippen molar-refractivity contribution in [2.24, 2.45) is 0 Å². The summed E-state index contributed by atoms with van der Waals surface area (Å²) in [7, 11) is 0. The van der Waals surface area contributed by atoms with Gasteiger partial charge in [-0.2, -0.15) is 0 Å². The van der Waals surface area contributed by atoms with Crippen LogP contribution in [0.2, 0.25) is 0 Å². The van der Waals surface area contributed by atoms with Gasteiger partial charge in [0.1, 0.15) is 5.82 Å². The Kier molecular flexibility index (Phi) is 6.87. The fourth-order valence-electron chi connectivity index (χ4n) is 3.20. The Hall–Kier alpha value is -2.60. The molecule has 0 atom stereocenters. The zero-order valence-corrected chi connectivity index (χ0v) is 17.4.